The number of unbranched alkanes of at least 4 members (excludes halogenated alkanes) is 4. The Morgan fingerprint density at radius 3 is 2.00 bits per heavy atom. The lowest BCUT2D eigenvalue weighted by Gasteiger charge is -2.35. The van der Waals surface area contributed by atoms with Crippen molar-refractivity contribution in [3.05, 3.63) is 0 Å². The summed E-state index contributed by atoms with van der Waals surface area (Å²) in [5.74, 6) is 0.764. The third-order valence-corrected chi connectivity index (χ3v) is 4.16. The molecule has 0 saturated heterocycles. The zero-order valence-corrected chi connectivity index (χ0v) is 13.1. The van der Waals surface area contributed by atoms with Crippen LogP contribution >= 0.6 is 0 Å². The van der Waals surface area contributed by atoms with Crippen molar-refractivity contribution in [1.82, 2.24) is 5.32 Å². The second-order valence-corrected chi connectivity index (χ2v) is 6.51. The van der Waals surface area contributed by atoms with Gasteiger partial charge in [-0.05, 0) is 17.8 Å². The Morgan fingerprint density at radius 2 is 1.53 bits per heavy atom. The first-order chi connectivity index (χ1) is 7.92. The Kier molecular flexibility index (Phi) is 8.94. The minimum Gasteiger partial charge on any atom is -0.314 e. The average Bonchev–Trinajstić information content (AvgIpc) is 2.26. The Morgan fingerprint density at radius 1 is 0.941 bits per heavy atom. The molecular formula is C16H35N. The molecule has 0 aromatic heterocycles. The fourth-order valence-electron chi connectivity index (χ4n) is 2.15. The molecule has 0 aliphatic carbocycles. The second kappa shape index (κ2) is 8.97. The van der Waals surface area contributed by atoms with Crippen molar-refractivity contribution in [3.63, 3.8) is 0 Å². The van der Waals surface area contributed by atoms with E-state index < -0.39 is 0 Å². The molecular weight excluding hydrogens is 206 g/mol. The quantitative estimate of drug-likeness (QED) is 0.530. The van der Waals surface area contributed by atoms with Crippen LogP contribution in [0.15, 0.2) is 0 Å². The number of hydrogen-bond donors (Lipinski definition) is 1. The van der Waals surface area contributed by atoms with E-state index in [2.05, 4.69) is 46.9 Å². The zero-order chi connectivity index (χ0) is 13.3. The van der Waals surface area contributed by atoms with Crippen molar-refractivity contribution in [2.24, 2.45) is 11.3 Å². The molecule has 104 valence electrons. The second-order valence-electron chi connectivity index (χ2n) is 6.51. The first-order valence-electron chi connectivity index (χ1n) is 7.65. The molecule has 0 rings (SSSR count). The molecule has 0 aliphatic heterocycles. The molecule has 0 aliphatic rings. The lowest BCUT2D eigenvalue weighted by Crippen LogP contribution is -2.39. The van der Waals surface area contributed by atoms with Crippen LogP contribution in [-0.2, 0) is 0 Å². The third-order valence-electron chi connectivity index (χ3n) is 4.16. The highest BCUT2D eigenvalue weighted by molar-refractivity contribution is 4.80. The molecule has 0 radical (unpaired) electrons. The summed E-state index contributed by atoms with van der Waals surface area (Å²) in [6.45, 7) is 15.1. The summed E-state index contributed by atoms with van der Waals surface area (Å²) in [7, 11) is 0. The van der Waals surface area contributed by atoms with Gasteiger partial charge in [0.2, 0.25) is 0 Å². The van der Waals surface area contributed by atoms with Gasteiger partial charge in [0.25, 0.3) is 0 Å². The molecule has 0 spiro atoms. The van der Waals surface area contributed by atoms with Crippen LogP contribution in [0.1, 0.15) is 80.1 Å². The fraction of sp³-hybridized carbons (Fsp3) is 1.00. The van der Waals surface area contributed by atoms with Crippen molar-refractivity contribution in [2.45, 2.75) is 86.1 Å². The summed E-state index contributed by atoms with van der Waals surface area (Å²) in [6, 6.07) is 0.605. The summed E-state index contributed by atoms with van der Waals surface area (Å²) in [5, 5.41) is 3.62. The van der Waals surface area contributed by atoms with Gasteiger partial charge in [-0.1, -0.05) is 73.6 Å². The standard InChI is InChI=1S/C16H35N/c1-7-8-9-10-11-12-16(6,14(2)3)13-17-15(4)5/h14-15,17H,7-13H2,1-6H3. The van der Waals surface area contributed by atoms with Crippen LogP contribution in [-0.4, -0.2) is 12.6 Å². The van der Waals surface area contributed by atoms with Crippen LogP contribution in [0, 0.1) is 11.3 Å². The molecule has 0 saturated carbocycles. The Bertz CT molecular complexity index is 174. The minimum atomic E-state index is 0.469. The highest BCUT2D eigenvalue weighted by Gasteiger charge is 2.27. The molecule has 0 aromatic carbocycles. The molecule has 1 atom stereocenters. The molecule has 0 aromatic rings. The predicted molar refractivity (Wildman–Crippen MR) is 79.5 cm³/mol. The Balaban J connectivity index is 3.95. The van der Waals surface area contributed by atoms with Gasteiger partial charge in [0, 0.05) is 12.6 Å². The van der Waals surface area contributed by atoms with Crippen LogP contribution in [0.25, 0.3) is 0 Å². The molecule has 0 fully saturated rings. The summed E-state index contributed by atoms with van der Waals surface area (Å²) < 4.78 is 0. The lowest BCUT2D eigenvalue weighted by atomic mass is 9.75. The van der Waals surface area contributed by atoms with E-state index in [1.165, 1.54) is 38.5 Å². The first kappa shape index (κ1) is 17.0. The van der Waals surface area contributed by atoms with Crippen LogP contribution in [0.2, 0.25) is 0 Å². The van der Waals surface area contributed by atoms with E-state index in [4.69, 9.17) is 0 Å². The monoisotopic (exact) mass is 241 g/mol. The van der Waals surface area contributed by atoms with E-state index in [0.29, 0.717) is 11.5 Å². The molecule has 1 N–H and O–H groups in total. The van der Waals surface area contributed by atoms with E-state index in [-0.39, 0.29) is 0 Å². The highest BCUT2D eigenvalue weighted by atomic mass is 14.9. The Hall–Kier alpha value is -0.0400. The summed E-state index contributed by atoms with van der Waals surface area (Å²) in [6.07, 6.45) is 8.35. The first-order valence-corrected chi connectivity index (χ1v) is 7.65. The van der Waals surface area contributed by atoms with E-state index >= 15 is 0 Å². The van der Waals surface area contributed by atoms with Crippen LogP contribution < -0.4 is 5.32 Å². The maximum Gasteiger partial charge on any atom is 0.00106 e. The molecule has 0 amide bonds. The van der Waals surface area contributed by atoms with Gasteiger partial charge in [-0.25, -0.2) is 0 Å². The summed E-state index contributed by atoms with van der Waals surface area (Å²) >= 11 is 0. The van der Waals surface area contributed by atoms with Crippen molar-refractivity contribution >= 4 is 0 Å². The largest absolute Gasteiger partial charge is 0.314 e. The van der Waals surface area contributed by atoms with E-state index in [1.807, 2.05) is 0 Å². The molecule has 17 heavy (non-hydrogen) atoms. The smallest absolute Gasteiger partial charge is 0.00106 e. The van der Waals surface area contributed by atoms with Gasteiger partial charge in [0.1, 0.15) is 0 Å². The van der Waals surface area contributed by atoms with Crippen molar-refractivity contribution in [1.29, 1.82) is 0 Å². The minimum absolute atomic E-state index is 0.469. The lowest BCUT2D eigenvalue weighted by molar-refractivity contribution is 0.180. The van der Waals surface area contributed by atoms with Gasteiger partial charge >= 0.3 is 0 Å². The maximum atomic E-state index is 3.62. The third kappa shape index (κ3) is 7.81. The van der Waals surface area contributed by atoms with E-state index in [1.54, 1.807) is 0 Å². The van der Waals surface area contributed by atoms with Crippen molar-refractivity contribution < 1.29 is 0 Å². The Labute approximate surface area is 110 Å². The van der Waals surface area contributed by atoms with Crippen LogP contribution in [0.4, 0.5) is 0 Å². The molecule has 0 heterocycles. The van der Waals surface area contributed by atoms with Crippen LogP contribution in [0.3, 0.4) is 0 Å². The maximum absolute atomic E-state index is 3.62. The van der Waals surface area contributed by atoms with Gasteiger partial charge in [0.15, 0.2) is 0 Å². The number of rotatable bonds is 10. The van der Waals surface area contributed by atoms with Gasteiger partial charge in [-0.15, -0.1) is 0 Å². The predicted octanol–water partition coefficient (Wildman–Crippen LogP) is 5.01. The summed E-state index contributed by atoms with van der Waals surface area (Å²) in [5.41, 5.74) is 0.469. The SMILES string of the molecule is CCCCCCCC(C)(CNC(C)C)C(C)C. The van der Waals surface area contributed by atoms with E-state index in [0.717, 1.165) is 12.5 Å². The van der Waals surface area contributed by atoms with Crippen LogP contribution in [0.5, 0.6) is 0 Å². The topological polar surface area (TPSA) is 12.0 Å². The average molecular weight is 241 g/mol. The highest BCUT2D eigenvalue weighted by Crippen LogP contribution is 2.32. The van der Waals surface area contributed by atoms with Crippen molar-refractivity contribution in [3.8, 4) is 0 Å². The number of nitrogens with one attached hydrogen (secondary N) is 1. The van der Waals surface area contributed by atoms with Gasteiger partial charge < -0.3 is 5.32 Å². The summed E-state index contributed by atoms with van der Waals surface area (Å²) in [4.78, 5) is 0. The van der Waals surface area contributed by atoms with E-state index in [9.17, 15) is 0 Å². The zero-order valence-electron chi connectivity index (χ0n) is 13.1. The molecule has 1 nitrogen and oxygen atoms in total. The van der Waals surface area contributed by atoms with Crippen molar-refractivity contribution in [2.75, 3.05) is 6.54 Å². The molecule has 1 heteroatoms. The fourth-order valence-corrected chi connectivity index (χ4v) is 2.15. The van der Waals surface area contributed by atoms with Gasteiger partial charge in [-0.3, -0.25) is 0 Å². The van der Waals surface area contributed by atoms with Gasteiger partial charge in [-0.2, -0.15) is 0 Å². The normalized spacial score (nSPS) is 15.5. The molecule has 0 bridgehead atoms. The molecule has 1 unspecified atom stereocenters. The number of hydrogen-bond acceptors (Lipinski definition) is 1. The van der Waals surface area contributed by atoms with Gasteiger partial charge in [0.05, 0.1) is 0 Å².